The third-order valence-electron chi connectivity index (χ3n) is 3.67. The molecule has 0 aliphatic heterocycles. The molecule has 1 fully saturated rings. The van der Waals surface area contributed by atoms with Crippen LogP contribution in [0.4, 0.5) is 0 Å². The Morgan fingerprint density at radius 3 is 2.35 bits per heavy atom. The maximum absolute atomic E-state index is 3.55. The van der Waals surface area contributed by atoms with Gasteiger partial charge < -0.3 is 10.2 Å². The van der Waals surface area contributed by atoms with Crippen LogP contribution in [0.2, 0.25) is 0 Å². The van der Waals surface area contributed by atoms with Crippen molar-refractivity contribution in [2.45, 2.75) is 64.8 Å². The molecule has 0 radical (unpaired) electrons. The summed E-state index contributed by atoms with van der Waals surface area (Å²) in [6.45, 7) is 10.4. The van der Waals surface area contributed by atoms with Crippen LogP contribution in [-0.2, 0) is 0 Å². The van der Waals surface area contributed by atoms with Gasteiger partial charge in [0.15, 0.2) is 0 Å². The molecule has 1 saturated carbocycles. The van der Waals surface area contributed by atoms with Crippen molar-refractivity contribution < 1.29 is 0 Å². The van der Waals surface area contributed by atoms with Gasteiger partial charge in [-0.3, -0.25) is 0 Å². The quantitative estimate of drug-likeness (QED) is 0.717. The summed E-state index contributed by atoms with van der Waals surface area (Å²) in [6, 6.07) is 0. The van der Waals surface area contributed by atoms with E-state index in [1.54, 1.807) is 0 Å². The minimum atomic E-state index is 0.266. The van der Waals surface area contributed by atoms with Crippen LogP contribution in [0, 0.1) is 5.92 Å². The van der Waals surface area contributed by atoms with Crippen molar-refractivity contribution in [1.29, 1.82) is 0 Å². The predicted octanol–water partition coefficient (Wildman–Crippen LogP) is 3.28. The summed E-state index contributed by atoms with van der Waals surface area (Å²) in [5.41, 5.74) is 0.266. The topological polar surface area (TPSA) is 15.3 Å². The Labute approximate surface area is 108 Å². The molecule has 0 atom stereocenters. The molecule has 0 bridgehead atoms. The second kappa shape index (κ2) is 7.38. The highest BCUT2D eigenvalue weighted by atomic mass is 15.1. The van der Waals surface area contributed by atoms with Crippen molar-refractivity contribution in [3.63, 3.8) is 0 Å². The molecule has 0 unspecified atom stereocenters. The van der Waals surface area contributed by atoms with Crippen molar-refractivity contribution in [2.75, 3.05) is 26.7 Å². The van der Waals surface area contributed by atoms with E-state index in [-0.39, 0.29) is 5.54 Å². The van der Waals surface area contributed by atoms with Gasteiger partial charge in [-0.2, -0.15) is 0 Å². The van der Waals surface area contributed by atoms with E-state index >= 15 is 0 Å². The third-order valence-corrected chi connectivity index (χ3v) is 3.67. The molecule has 102 valence electrons. The second-order valence-electron chi connectivity index (χ2n) is 6.80. The molecule has 0 aromatic heterocycles. The van der Waals surface area contributed by atoms with E-state index in [2.05, 4.69) is 38.0 Å². The van der Waals surface area contributed by atoms with E-state index in [0.29, 0.717) is 0 Å². The van der Waals surface area contributed by atoms with E-state index < -0.39 is 0 Å². The van der Waals surface area contributed by atoms with E-state index in [1.807, 2.05) is 0 Å². The van der Waals surface area contributed by atoms with Crippen LogP contribution in [-0.4, -0.2) is 37.1 Å². The van der Waals surface area contributed by atoms with Crippen molar-refractivity contribution in [2.24, 2.45) is 5.92 Å². The molecule has 0 saturated heterocycles. The smallest absolute Gasteiger partial charge is 0.00965 e. The highest BCUT2D eigenvalue weighted by Gasteiger charge is 2.15. The van der Waals surface area contributed by atoms with E-state index in [9.17, 15) is 0 Å². The van der Waals surface area contributed by atoms with Crippen LogP contribution in [0.1, 0.15) is 59.3 Å². The van der Waals surface area contributed by atoms with Gasteiger partial charge in [0.1, 0.15) is 0 Å². The van der Waals surface area contributed by atoms with Crippen LogP contribution in [0.15, 0.2) is 0 Å². The Hall–Kier alpha value is -0.0800. The van der Waals surface area contributed by atoms with Gasteiger partial charge in [0, 0.05) is 12.1 Å². The number of nitrogens with zero attached hydrogens (tertiary/aromatic N) is 1. The molecule has 1 rings (SSSR count). The molecule has 1 N–H and O–H groups in total. The summed E-state index contributed by atoms with van der Waals surface area (Å²) < 4.78 is 0. The van der Waals surface area contributed by atoms with Crippen LogP contribution >= 0.6 is 0 Å². The van der Waals surface area contributed by atoms with Gasteiger partial charge in [0.05, 0.1) is 0 Å². The largest absolute Gasteiger partial charge is 0.312 e. The summed E-state index contributed by atoms with van der Waals surface area (Å²) in [5, 5.41) is 3.55. The van der Waals surface area contributed by atoms with Gasteiger partial charge in [0.25, 0.3) is 0 Å². The fourth-order valence-corrected chi connectivity index (χ4v) is 2.71. The molecule has 1 aliphatic rings. The standard InChI is InChI=1S/C15H32N2/c1-15(2,3)16-11-8-12-17(4)13-14-9-6-5-7-10-14/h14,16H,5-13H2,1-4H3. The zero-order valence-electron chi connectivity index (χ0n) is 12.4. The SMILES string of the molecule is CN(CCCNC(C)(C)C)CC1CCCCC1. The summed E-state index contributed by atoms with van der Waals surface area (Å²) in [4.78, 5) is 2.53. The lowest BCUT2D eigenvalue weighted by Gasteiger charge is -2.27. The number of hydrogen-bond acceptors (Lipinski definition) is 2. The molecular formula is C15H32N2. The molecule has 1 aliphatic carbocycles. The first-order valence-corrected chi connectivity index (χ1v) is 7.41. The van der Waals surface area contributed by atoms with Crippen LogP contribution in [0.3, 0.4) is 0 Å². The molecule has 0 aromatic carbocycles. The average molecular weight is 240 g/mol. The lowest BCUT2D eigenvalue weighted by molar-refractivity contribution is 0.229. The third kappa shape index (κ3) is 7.77. The molecule has 2 heteroatoms. The Morgan fingerprint density at radius 1 is 1.12 bits per heavy atom. The number of rotatable bonds is 6. The van der Waals surface area contributed by atoms with Crippen molar-refractivity contribution in [3.05, 3.63) is 0 Å². The molecule has 0 aromatic rings. The Kier molecular flexibility index (Phi) is 6.50. The highest BCUT2D eigenvalue weighted by molar-refractivity contribution is 4.71. The summed E-state index contributed by atoms with van der Waals surface area (Å²) in [5.74, 6) is 0.976. The van der Waals surface area contributed by atoms with Crippen molar-refractivity contribution in [1.82, 2.24) is 10.2 Å². The fourth-order valence-electron chi connectivity index (χ4n) is 2.71. The normalized spacial score (nSPS) is 18.9. The summed E-state index contributed by atoms with van der Waals surface area (Å²) >= 11 is 0. The lowest BCUT2D eigenvalue weighted by Crippen LogP contribution is -2.38. The fraction of sp³-hybridized carbons (Fsp3) is 1.00. The molecule has 0 spiro atoms. The highest BCUT2D eigenvalue weighted by Crippen LogP contribution is 2.23. The zero-order valence-corrected chi connectivity index (χ0v) is 12.4. The average Bonchev–Trinajstić information content (AvgIpc) is 2.25. The van der Waals surface area contributed by atoms with Crippen molar-refractivity contribution in [3.8, 4) is 0 Å². The Balaban J connectivity index is 2.02. The second-order valence-corrected chi connectivity index (χ2v) is 6.80. The van der Waals surface area contributed by atoms with Gasteiger partial charge in [-0.1, -0.05) is 19.3 Å². The molecular weight excluding hydrogens is 208 g/mol. The van der Waals surface area contributed by atoms with Gasteiger partial charge >= 0.3 is 0 Å². The first kappa shape index (κ1) is 15.0. The van der Waals surface area contributed by atoms with E-state index in [1.165, 1.54) is 51.6 Å². The Morgan fingerprint density at radius 2 is 1.76 bits per heavy atom. The Bertz CT molecular complexity index is 190. The number of hydrogen-bond donors (Lipinski definition) is 1. The monoisotopic (exact) mass is 240 g/mol. The number of nitrogens with one attached hydrogen (secondary N) is 1. The van der Waals surface area contributed by atoms with Crippen molar-refractivity contribution >= 4 is 0 Å². The first-order valence-electron chi connectivity index (χ1n) is 7.41. The van der Waals surface area contributed by atoms with Gasteiger partial charge in [-0.05, 0) is 66.1 Å². The maximum atomic E-state index is 3.55. The van der Waals surface area contributed by atoms with Crippen LogP contribution in [0.25, 0.3) is 0 Å². The van der Waals surface area contributed by atoms with E-state index in [0.717, 1.165) is 12.5 Å². The zero-order chi connectivity index (χ0) is 12.7. The molecule has 0 heterocycles. The molecule has 0 amide bonds. The van der Waals surface area contributed by atoms with Crippen LogP contribution < -0.4 is 5.32 Å². The van der Waals surface area contributed by atoms with Gasteiger partial charge in [-0.25, -0.2) is 0 Å². The predicted molar refractivity (Wildman–Crippen MR) is 76.4 cm³/mol. The minimum absolute atomic E-state index is 0.266. The van der Waals surface area contributed by atoms with E-state index in [4.69, 9.17) is 0 Å². The summed E-state index contributed by atoms with van der Waals surface area (Å²) in [6.07, 6.45) is 8.58. The molecule has 17 heavy (non-hydrogen) atoms. The first-order chi connectivity index (χ1) is 7.97. The van der Waals surface area contributed by atoms with Crippen LogP contribution in [0.5, 0.6) is 0 Å². The lowest BCUT2D eigenvalue weighted by atomic mass is 9.89. The summed E-state index contributed by atoms with van der Waals surface area (Å²) in [7, 11) is 2.28. The molecule has 2 nitrogen and oxygen atoms in total. The minimum Gasteiger partial charge on any atom is -0.312 e. The maximum Gasteiger partial charge on any atom is 0.00965 e. The van der Waals surface area contributed by atoms with Gasteiger partial charge in [-0.15, -0.1) is 0 Å². The van der Waals surface area contributed by atoms with Gasteiger partial charge in [0.2, 0.25) is 0 Å².